The quantitative estimate of drug-likeness (QED) is 0.496. The fourth-order valence-electron chi connectivity index (χ4n) is 0.843. The molecule has 0 saturated carbocycles. The summed E-state index contributed by atoms with van der Waals surface area (Å²) in [6.07, 6.45) is 1.06. The van der Waals surface area contributed by atoms with Crippen LogP contribution in [0, 0.1) is 5.92 Å². The lowest BCUT2D eigenvalue weighted by atomic mass is 10.1. The molecule has 0 rings (SSSR count). The van der Waals surface area contributed by atoms with Crippen molar-refractivity contribution in [1.29, 1.82) is 0 Å². The number of rotatable bonds is 6. The van der Waals surface area contributed by atoms with Crippen molar-refractivity contribution in [2.75, 3.05) is 19.3 Å². The molecule has 0 fully saturated rings. The Bertz CT molecular complexity index is 300. The van der Waals surface area contributed by atoms with Gasteiger partial charge in [0.2, 0.25) is 15.9 Å². The standard InChI is InChI=1S/C8H19N3O3S/c1-6(2)7(9)8(12)10-4-5-11-15(3,13)14/h6-7,11H,4-5,9H2,1-3H3,(H,10,12). The average molecular weight is 237 g/mol. The molecule has 4 N–H and O–H groups in total. The van der Waals surface area contributed by atoms with Crippen LogP contribution in [0.1, 0.15) is 13.8 Å². The molecule has 1 atom stereocenters. The predicted octanol–water partition coefficient (Wildman–Crippen LogP) is -1.36. The fraction of sp³-hybridized carbons (Fsp3) is 0.875. The number of carbonyl (C=O) groups is 1. The van der Waals surface area contributed by atoms with Crippen molar-refractivity contribution in [3.63, 3.8) is 0 Å². The predicted molar refractivity (Wildman–Crippen MR) is 58.7 cm³/mol. The van der Waals surface area contributed by atoms with Crippen LogP contribution in [0.15, 0.2) is 0 Å². The van der Waals surface area contributed by atoms with Gasteiger partial charge in [-0.15, -0.1) is 0 Å². The van der Waals surface area contributed by atoms with E-state index >= 15 is 0 Å². The van der Waals surface area contributed by atoms with Crippen LogP contribution in [0.3, 0.4) is 0 Å². The van der Waals surface area contributed by atoms with Gasteiger partial charge >= 0.3 is 0 Å². The molecule has 90 valence electrons. The van der Waals surface area contributed by atoms with E-state index in [0.717, 1.165) is 6.26 Å². The largest absolute Gasteiger partial charge is 0.353 e. The average Bonchev–Trinajstić information content (AvgIpc) is 2.09. The number of hydrogen-bond acceptors (Lipinski definition) is 4. The van der Waals surface area contributed by atoms with Crippen LogP contribution in [0.2, 0.25) is 0 Å². The van der Waals surface area contributed by atoms with Crippen LogP contribution in [0.4, 0.5) is 0 Å². The van der Waals surface area contributed by atoms with Gasteiger partial charge in [-0.05, 0) is 5.92 Å². The molecule has 6 nitrogen and oxygen atoms in total. The molecule has 0 saturated heterocycles. The summed E-state index contributed by atoms with van der Waals surface area (Å²) in [4.78, 5) is 11.3. The third-order valence-electron chi connectivity index (χ3n) is 1.81. The summed E-state index contributed by atoms with van der Waals surface area (Å²) in [6, 6.07) is -0.553. The van der Waals surface area contributed by atoms with Gasteiger partial charge in [0.05, 0.1) is 12.3 Å². The maximum Gasteiger partial charge on any atom is 0.237 e. The van der Waals surface area contributed by atoms with E-state index in [4.69, 9.17) is 5.73 Å². The molecule has 0 aliphatic heterocycles. The van der Waals surface area contributed by atoms with Crippen LogP contribution in [0.5, 0.6) is 0 Å². The van der Waals surface area contributed by atoms with E-state index in [1.807, 2.05) is 13.8 Å². The first-order valence-corrected chi connectivity index (χ1v) is 6.61. The molecular formula is C8H19N3O3S. The number of hydrogen-bond donors (Lipinski definition) is 3. The molecule has 0 spiro atoms. The van der Waals surface area contributed by atoms with Gasteiger partial charge in [0.1, 0.15) is 0 Å². The smallest absolute Gasteiger partial charge is 0.237 e. The molecule has 7 heteroatoms. The Kier molecular flexibility index (Phi) is 5.77. The Morgan fingerprint density at radius 1 is 1.33 bits per heavy atom. The summed E-state index contributed by atoms with van der Waals surface area (Å²) in [7, 11) is -3.19. The SMILES string of the molecule is CC(C)C(N)C(=O)NCCNS(C)(=O)=O. The monoisotopic (exact) mass is 237 g/mol. The van der Waals surface area contributed by atoms with Gasteiger partial charge in [-0.3, -0.25) is 4.79 Å². The number of nitrogens with one attached hydrogen (secondary N) is 2. The number of nitrogens with two attached hydrogens (primary N) is 1. The lowest BCUT2D eigenvalue weighted by Gasteiger charge is -2.15. The first-order valence-electron chi connectivity index (χ1n) is 4.72. The molecule has 0 aromatic rings. The van der Waals surface area contributed by atoms with Crippen LogP contribution in [-0.4, -0.2) is 39.7 Å². The summed E-state index contributed by atoms with van der Waals surface area (Å²) >= 11 is 0. The normalized spacial score (nSPS) is 13.9. The zero-order valence-corrected chi connectivity index (χ0v) is 10.1. The second-order valence-corrected chi connectivity index (χ2v) is 5.56. The van der Waals surface area contributed by atoms with Gasteiger partial charge in [-0.25, -0.2) is 13.1 Å². The van der Waals surface area contributed by atoms with Gasteiger partial charge in [0, 0.05) is 13.1 Å². The highest BCUT2D eigenvalue weighted by atomic mass is 32.2. The van der Waals surface area contributed by atoms with E-state index in [2.05, 4.69) is 10.0 Å². The number of amides is 1. The molecule has 0 heterocycles. The van der Waals surface area contributed by atoms with Crippen molar-refractivity contribution in [2.45, 2.75) is 19.9 Å². The van der Waals surface area contributed by atoms with Gasteiger partial charge in [0.15, 0.2) is 0 Å². The molecule has 0 radical (unpaired) electrons. The fourth-order valence-corrected chi connectivity index (χ4v) is 1.32. The van der Waals surface area contributed by atoms with Crippen LogP contribution < -0.4 is 15.8 Å². The Hall–Kier alpha value is -0.660. The topological polar surface area (TPSA) is 101 Å². The zero-order chi connectivity index (χ0) is 12.1. The van der Waals surface area contributed by atoms with Crippen LogP contribution >= 0.6 is 0 Å². The first kappa shape index (κ1) is 14.3. The van der Waals surface area contributed by atoms with Gasteiger partial charge < -0.3 is 11.1 Å². The Labute approximate surface area is 90.7 Å². The second-order valence-electron chi connectivity index (χ2n) is 3.73. The summed E-state index contributed by atoms with van der Waals surface area (Å²) in [6.45, 7) is 4.11. The highest BCUT2D eigenvalue weighted by molar-refractivity contribution is 7.88. The van der Waals surface area contributed by atoms with E-state index in [1.165, 1.54) is 0 Å². The van der Waals surface area contributed by atoms with Crippen LogP contribution in [-0.2, 0) is 14.8 Å². The third-order valence-corrected chi connectivity index (χ3v) is 2.54. The van der Waals surface area contributed by atoms with Gasteiger partial charge in [-0.1, -0.05) is 13.8 Å². The molecule has 0 bridgehead atoms. The molecule has 0 aromatic heterocycles. The minimum Gasteiger partial charge on any atom is -0.353 e. The lowest BCUT2D eigenvalue weighted by molar-refractivity contribution is -0.123. The maximum absolute atomic E-state index is 11.3. The van der Waals surface area contributed by atoms with E-state index in [-0.39, 0.29) is 24.9 Å². The minimum absolute atomic E-state index is 0.0628. The minimum atomic E-state index is -3.19. The lowest BCUT2D eigenvalue weighted by Crippen LogP contribution is -2.46. The summed E-state index contributed by atoms with van der Waals surface area (Å²) in [5.74, 6) is -0.201. The molecule has 1 amide bonds. The van der Waals surface area contributed by atoms with E-state index < -0.39 is 16.1 Å². The third kappa shape index (κ3) is 7.29. The molecule has 0 aliphatic rings. The van der Waals surface area contributed by atoms with E-state index in [9.17, 15) is 13.2 Å². The molecule has 1 unspecified atom stereocenters. The van der Waals surface area contributed by atoms with Crippen molar-refractivity contribution in [1.82, 2.24) is 10.0 Å². The van der Waals surface area contributed by atoms with Crippen molar-refractivity contribution in [3.05, 3.63) is 0 Å². The molecule has 0 aliphatic carbocycles. The van der Waals surface area contributed by atoms with Gasteiger partial charge in [0.25, 0.3) is 0 Å². The summed E-state index contributed by atoms with van der Waals surface area (Å²) in [5.41, 5.74) is 5.58. The Morgan fingerprint density at radius 3 is 2.27 bits per heavy atom. The van der Waals surface area contributed by atoms with Crippen LogP contribution in [0.25, 0.3) is 0 Å². The second kappa shape index (κ2) is 6.04. The highest BCUT2D eigenvalue weighted by Crippen LogP contribution is 1.96. The zero-order valence-electron chi connectivity index (χ0n) is 9.28. The molecule has 15 heavy (non-hydrogen) atoms. The maximum atomic E-state index is 11.3. The Balaban J connectivity index is 3.74. The highest BCUT2D eigenvalue weighted by Gasteiger charge is 2.16. The number of carbonyl (C=O) groups excluding carboxylic acids is 1. The van der Waals surface area contributed by atoms with E-state index in [0.29, 0.717) is 0 Å². The summed E-state index contributed by atoms with van der Waals surface area (Å²) in [5, 5.41) is 2.55. The van der Waals surface area contributed by atoms with Crippen molar-refractivity contribution in [3.8, 4) is 0 Å². The summed E-state index contributed by atoms with van der Waals surface area (Å²) < 4.78 is 23.6. The van der Waals surface area contributed by atoms with E-state index in [1.54, 1.807) is 0 Å². The van der Waals surface area contributed by atoms with Crippen molar-refractivity contribution in [2.24, 2.45) is 11.7 Å². The van der Waals surface area contributed by atoms with Crippen molar-refractivity contribution >= 4 is 15.9 Å². The Morgan fingerprint density at radius 2 is 1.87 bits per heavy atom. The molecule has 0 aromatic carbocycles. The van der Waals surface area contributed by atoms with Crippen molar-refractivity contribution < 1.29 is 13.2 Å². The van der Waals surface area contributed by atoms with Gasteiger partial charge in [-0.2, -0.15) is 0 Å². The first-order chi connectivity index (χ1) is 6.74. The molecular weight excluding hydrogens is 218 g/mol. The number of sulfonamides is 1.